The van der Waals surface area contributed by atoms with Crippen molar-refractivity contribution >= 4 is 28.9 Å². The van der Waals surface area contributed by atoms with Gasteiger partial charge < -0.3 is 16.0 Å². The molecule has 138 valence electrons. The lowest BCUT2D eigenvalue weighted by atomic mass is 10.1. The van der Waals surface area contributed by atoms with Gasteiger partial charge in [0, 0.05) is 41.5 Å². The molecule has 0 radical (unpaired) electrons. The molecule has 1 amide bonds. The number of carbonyl (C=O) groups excluding carboxylic acids is 1. The topological polar surface area (TPSA) is 101 Å². The van der Waals surface area contributed by atoms with E-state index in [-0.39, 0.29) is 17.6 Å². The highest BCUT2D eigenvalue weighted by Gasteiger charge is 2.11. The second kappa shape index (κ2) is 9.74. The quantitative estimate of drug-likeness (QED) is 0.354. The number of rotatable bonds is 9. The zero-order valence-corrected chi connectivity index (χ0v) is 15.2. The third kappa shape index (κ3) is 6.34. The Balaban J connectivity index is 1.64. The number of quaternary nitrogens is 1. The molecule has 2 rings (SSSR count). The van der Waals surface area contributed by atoms with Gasteiger partial charge in [-0.05, 0) is 31.2 Å². The predicted octanol–water partition coefficient (Wildman–Crippen LogP) is 2.10. The van der Waals surface area contributed by atoms with Crippen molar-refractivity contribution in [3.63, 3.8) is 0 Å². The summed E-state index contributed by atoms with van der Waals surface area (Å²) in [5.74, 6) is -0.0451. The number of non-ortho nitro benzene ring substituents is 1. The smallest absolute Gasteiger partial charge is 0.275 e. The fourth-order valence-electron chi connectivity index (χ4n) is 2.37. The molecular formula is C18H22ClN4O3+. The lowest BCUT2D eigenvalue weighted by Crippen LogP contribution is -2.87. The van der Waals surface area contributed by atoms with Gasteiger partial charge in [0.25, 0.3) is 11.6 Å². The number of nitrogens with two attached hydrogens (primary N) is 1. The summed E-state index contributed by atoms with van der Waals surface area (Å²) in [6.07, 6.45) is 0. The number of nitrogens with zero attached hydrogens (tertiary/aromatic N) is 1. The van der Waals surface area contributed by atoms with Gasteiger partial charge in [0.15, 0.2) is 6.54 Å². The molecule has 0 spiro atoms. The molecule has 0 heterocycles. The Kier molecular flexibility index (Phi) is 7.37. The summed E-state index contributed by atoms with van der Waals surface area (Å²) in [7, 11) is 0. The number of nitrogens with one attached hydrogen (secondary N) is 2. The number of carbonyl (C=O) groups is 1. The van der Waals surface area contributed by atoms with Crippen LogP contribution < -0.4 is 16.0 Å². The normalized spacial score (nSPS) is 11.6. The van der Waals surface area contributed by atoms with Gasteiger partial charge in [0.05, 0.1) is 4.92 Å². The molecule has 1 atom stereocenters. The Bertz CT molecular complexity index is 735. The summed E-state index contributed by atoms with van der Waals surface area (Å²) in [6, 6.07) is 13.9. The number of nitro groups is 1. The first kappa shape index (κ1) is 19.7. The number of anilines is 1. The molecule has 2 aromatic carbocycles. The van der Waals surface area contributed by atoms with E-state index in [1.54, 1.807) is 12.1 Å². The van der Waals surface area contributed by atoms with E-state index in [2.05, 4.69) is 10.6 Å². The van der Waals surface area contributed by atoms with Crippen LogP contribution in [0, 0.1) is 10.1 Å². The van der Waals surface area contributed by atoms with Crippen molar-refractivity contribution in [2.45, 2.75) is 13.0 Å². The van der Waals surface area contributed by atoms with E-state index >= 15 is 0 Å². The van der Waals surface area contributed by atoms with Crippen molar-refractivity contribution in [2.24, 2.45) is 0 Å². The summed E-state index contributed by atoms with van der Waals surface area (Å²) in [4.78, 5) is 22.0. The summed E-state index contributed by atoms with van der Waals surface area (Å²) in [6.45, 7) is 3.38. The van der Waals surface area contributed by atoms with Crippen LogP contribution >= 0.6 is 11.6 Å². The fraction of sp³-hybridized carbons (Fsp3) is 0.278. The standard InChI is InChI=1S/C18H21ClN4O3/c1-13(14-2-4-15(19)5-3-14)22-12-18(24)21-11-10-20-16-6-8-17(9-7-16)23(25)26/h2-9,13,20,22H,10-12H2,1H3,(H,21,24)/p+1/t13-/m1/s1. The molecule has 4 N–H and O–H groups in total. The van der Waals surface area contributed by atoms with Crippen LogP contribution in [-0.2, 0) is 4.79 Å². The van der Waals surface area contributed by atoms with E-state index in [1.807, 2.05) is 36.5 Å². The van der Waals surface area contributed by atoms with Crippen LogP contribution in [0.5, 0.6) is 0 Å². The molecular weight excluding hydrogens is 356 g/mol. The second-order valence-electron chi connectivity index (χ2n) is 5.86. The summed E-state index contributed by atoms with van der Waals surface area (Å²) in [5, 5.41) is 19.2. The summed E-state index contributed by atoms with van der Waals surface area (Å²) < 4.78 is 0. The van der Waals surface area contributed by atoms with Crippen LogP contribution in [0.3, 0.4) is 0 Å². The molecule has 7 nitrogen and oxygen atoms in total. The second-order valence-corrected chi connectivity index (χ2v) is 6.30. The van der Waals surface area contributed by atoms with Gasteiger partial charge in [0.1, 0.15) is 6.04 Å². The van der Waals surface area contributed by atoms with Gasteiger partial charge >= 0.3 is 0 Å². The third-order valence-corrected chi connectivity index (χ3v) is 4.16. The Hall–Kier alpha value is -2.64. The molecule has 0 saturated carbocycles. The van der Waals surface area contributed by atoms with Gasteiger partial charge in [-0.2, -0.15) is 0 Å². The SMILES string of the molecule is C[C@@H]([NH2+]CC(=O)NCCNc1ccc([N+](=O)[O-])cc1)c1ccc(Cl)cc1. The van der Waals surface area contributed by atoms with E-state index in [0.29, 0.717) is 24.7 Å². The van der Waals surface area contributed by atoms with Gasteiger partial charge in [-0.1, -0.05) is 23.7 Å². The average molecular weight is 378 g/mol. The van der Waals surface area contributed by atoms with Crippen molar-refractivity contribution in [1.29, 1.82) is 0 Å². The molecule has 0 unspecified atom stereocenters. The first-order valence-electron chi connectivity index (χ1n) is 8.29. The van der Waals surface area contributed by atoms with Crippen LogP contribution in [0.4, 0.5) is 11.4 Å². The summed E-state index contributed by atoms with van der Waals surface area (Å²) >= 11 is 5.87. The first-order chi connectivity index (χ1) is 12.5. The molecule has 0 bridgehead atoms. The fourth-order valence-corrected chi connectivity index (χ4v) is 2.49. The summed E-state index contributed by atoms with van der Waals surface area (Å²) in [5.41, 5.74) is 1.93. The van der Waals surface area contributed by atoms with Crippen LogP contribution in [-0.4, -0.2) is 30.5 Å². The van der Waals surface area contributed by atoms with E-state index in [9.17, 15) is 14.9 Å². The molecule has 0 saturated heterocycles. The Morgan fingerprint density at radius 3 is 2.42 bits per heavy atom. The monoisotopic (exact) mass is 377 g/mol. The van der Waals surface area contributed by atoms with Gasteiger partial charge in [0.2, 0.25) is 0 Å². The van der Waals surface area contributed by atoms with Crippen LogP contribution in [0.15, 0.2) is 48.5 Å². The minimum atomic E-state index is -0.439. The van der Waals surface area contributed by atoms with Crippen molar-refractivity contribution in [3.8, 4) is 0 Å². The minimum absolute atomic E-state index is 0.0451. The van der Waals surface area contributed by atoms with Gasteiger partial charge in [-0.25, -0.2) is 0 Å². The van der Waals surface area contributed by atoms with Crippen LogP contribution in [0.2, 0.25) is 5.02 Å². The minimum Gasteiger partial charge on any atom is -0.383 e. The maximum absolute atomic E-state index is 11.9. The zero-order valence-electron chi connectivity index (χ0n) is 14.4. The lowest BCUT2D eigenvalue weighted by Gasteiger charge is -2.12. The highest BCUT2D eigenvalue weighted by atomic mass is 35.5. The number of nitro benzene ring substituents is 1. The molecule has 8 heteroatoms. The number of hydrogen-bond acceptors (Lipinski definition) is 4. The number of halogens is 1. The number of benzene rings is 2. The van der Waals surface area contributed by atoms with Crippen LogP contribution in [0.1, 0.15) is 18.5 Å². The van der Waals surface area contributed by atoms with E-state index in [4.69, 9.17) is 11.6 Å². The molecule has 26 heavy (non-hydrogen) atoms. The maximum Gasteiger partial charge on any atom is 0.275 e. The van der Waals surface area contributed by atoms with E-state index < -0.39 is 4.92 Å². The van der Waals surface area contributed by atoms with E-state index in [0.717, 1.165) is 11.3 Å². The maximum atomic E-state index is 11.9. The highest BCUT2D eigenvalue weighted by molar-refractivity contribution is 6.30. The van der Waals surface area contributed by atoms with E-state index in [1.165, 1.54) is 12.1 Å². The Labute approximate surface area is 156 Å². The lowest BCUT2D eigenvalue weighted by molar-refractivity contribution is -0.682. The van der Waals surface area contributed by atoms with Crippen molar-refractivity contribution in [1.82, 2.24) is 5.32 Å². The number of hydrogen-bond donors (Lipinski definition) is 3. The van der Waals surface area contributed by atoms with Crippen molar-refractivity contribution < 1.29 is 15.0 Å². The molecule has 0 aliphatic carbocycles. The number of amides is 1. The molecule has 0 fully saturated rings. The largest absolute Gasteiger partial charge is 0.383 e. The van der Waals surface area contributed by atoms with Crippen LogP contribution in [0.25, 0.3) is 0 Å². The van der Waals surface area contributed by atoms with Gasteiger partial charge in [-0.3, -0.25) is 14.9 Å². The third-order valence-electron chi connectivity index (χ3n) is 3.91. The van der Waals surface area contributed by atoms with Crippen molar-refractivity contribution in [3.05, 3.63) is 69.2 Å². The average Bonchev–Trinajstić information content (AvgIpc) is 2.64. The zero-order chi connectivity index (χ0) is 18.9. The first-order valence-corrected chi connectivity index (χ1v) is 8.67. The van der Waals surface area contributed by atoms with Gasteiger partial charge in [-0.15, -0.1) is 0 Å². The van der Waals surface area contributed by atoms with Crippen molar-refractivity contribution in [2.75, 3.05) is 25.0 Å². The Morgan fingerprint density at radius 1 is 1.15 bits per heavy atom. The molecule has 2 aromatic rings. The Morgan fingerprint density at radius 2 is 1.81 bits per heavy atom. The predicted molar refractivity (Wildman–Crippen MR) is 101 cm³/mol. The molecule has 0 aromatic heterocycles. The highest BCUT2D eigenvalue weighted by Crippen LogP contribution is 2.15. The molecule has 0 aliphatic rings. The molecule has 0 aliphatic heterocycles.